The van der Waals surface area contributed by atoms with Crippen LogP contribution in [-0.2, 0) is 16.0 Å². The first-order valence-corrected chi connectivity index (χ1v) is 7.12. The van der Waals surface area contributed by atoms with E-state index in [0.717, 1.165) is 5.56 Å². The number of aliphatic hydroxyl groups excluding tert-OH is 1. The van der Waals surface area contributed by atoms with Crippen LogP contribution < -0.4 is 5.32 Å². The van der Waals surface area contributed by atoms with Gasteiger partial charge in [0.05, 0.1) is 24.8 Å². The summed E-state index contributed by atoms with van der Waals surface area (Å²) in [7, 11) is 1.52. The molecule has 1 amide bonds. The molecule has 0 fully saturated rings. The number of carbonyl (C=O) groups excluding carboxylic acids is 1. The molecule has 2 aromatic rings. The molecule has 0 saturated heterocycles. The van der Waals surface area contributed by atoms with Gasteiger partial charge in [-0.3, -0.25) is 4.79 Å². The molecule has 1 aromatic carbocycles. The van der Waals surface area contributed by atoms with Crippen LogP contribution >= 0.6 is 0 Å². The van der Waals surface area contributed by atoms with Crippen LogP contribution in [0.3, 0.4) is 0 Å². The molecule has 22 heavy (non-hydrogen) atoms. The molecule has 0 aliphatic carbocycles. The Labute approximate surface area is 129 Å². The minimum Gasteiger partial charge on any atom is -0.444 e. The van der Waals surface area contributed by atoms with Crippen molar-refractivity contribution in [3.05, 3.63) is 42.3 Å². The number of carbonyl (C=O) groups is 1. The summed E-state index contributed by atoms with van der Waals surface area (Å²) in [5.74, 6) is 0.344. The van der Waals surface area contributed by atoms with E-state index in [4.69, 9.17) is 9.15 Å². The Balaban J connectivity index is 1.79. The number of hydrogen-bond acceptors (Lipinski definition) is 5. The van der Waals surface area contributed by atoms with Crippen LogP contribution in [-0.4, -0.2) is 42.4 Å². The lowest BCUT2D eigenvalue weighted by Gasteiger charge is -2.09. The zero-order valence-electron chi connectivity index (χ0n) is 12.5. The Morgan fingerprint density at radius 3 is 2.91 bits per heavy atom. The summed E-state index contributed by atoms with van der Waals surface area (Å²) in [5.41, 5.74) is 1.45. The molecule has 2 N–H and O–H groups in total. The predicted octanol–water partition coefficient (Wildman–Crippen LogP) is 1.40. The number of nitrogens with zero attached hydrogens (tertiary/aromatic N) is 1. The number of methoxy groups -OCH3 is 1. The molecule has 6 nitrogen and oxygen atoms in total. The lowest BCUT2D eigenvalue weighted by Crippen LogP contribution is -2.29. The second kappa shape index (κ2) is 8.31. The molecule has 1 unspecified atom stereocenters. The Bertz CT molecular complexity index is 583. The highest BCUT2D eigenvalue weighted by Gasteiger charge is 2.10. The molecule has 0 aliphatic heterocycles. The van der Waals surface area contributed by atoms with Crippen LogP contribution in [0.2, 0.25) is 0 Å². The molecule has 1 atom stereocenters. The monoisotopic (exact) mass is 304 g/mol. The van der Waals surface area contributed by atoms with E-state index in [9.17, 15) is 9.90 Å². The van der Waals surface area contributed by atoms with Crippen molar-refractivity contribution in [1.82, 2.24) is 10.3 Å². The Hall–Kier alpha value is -2.18. The highest BCUT2D eigenvalue weighted by Crippen LogP contribution is 2.17. The maximum Gasteiger partial charge on any atom is 0.226 e. The number of amides is 1. The maximum absolute atomic E-state index is 11.8. The van der Waals surface area contributed by atoms with Gasteiger partial charge in [0, 0.05) is 19.2 Å². The van der Waals surface area contributed by atoms with Gasteiger partial charge in [0.2, 0.25) is 11.8 Å². The number of benzene rings is 1. The van der Waals surface area contributed by atoms with Crippen molar-refractivity contribution >= 4 is 5.91 Å². The number of rotatable bonds is 8. The van der Waals surface area contributed by atoms with Crippen LogP contribution in [0.25, 0.3) is 11.5 Å². The van der Waals surface area contributed by atoms with Crippen molar-refractivity contribution < 1.29 is 19.1 Å². The van der Waals surface area contributed by atoms with Crippen molar-refractivity contribution in [1.29, 1.82) is 0 Å². The summed E-state index contributed by atoms with van der Waals surface area (Å²) in [6.07, 6.45) is 1.52. The lowest BCUT2D eigenvalue weighted by molar-refractivity contribution is -0.120. The van der Waals surface area contributed by atoms with Gasteiger partial charge in [0.1, 0.15) is 6.26 Å². The molecule has 0 spiro atoms. The summed E-state index contributed by atoms with van der Waals surface area (Å²) >= 11 is 0. The van der Waals surface area contributed by atoms with Gasteiger partial charge in [-0.2, -0.15) is 0 Å². The number of ether oxygens (including phenoxy) is 1. The highest BCUT2D eigenvalue weighted by molar-refractivity contribution is 5.78. The van der Waals surface area contributed by atoms with Crippen LogP contribution in [0.5, 0.6) is 0 Å². The van der Waals surface area contributed by atoms with Crippen molar-refractivity contribution in [2.45, 2.75) is 18.9 Å². The average Bonchev–Trinajstić information content (AvgIpc) is 2.97. The molecule has 6 heteroatoms. The van der Waals surface area contributed by atoms with Crippen LogP contribution in [0.1, 0.15) is 12.1 Å². The zero-order chi connectivity index (χ0) is 15.8. The normalized spacial score (nSPS) is 12.1. The van der Waals surface area contributed by atoms with Crippen LogP contribution in [0.15, 0.2) is 41.0 Å². The van der Waals surface area contributed by atoms with Crippen LogP contribution in [0, 0.1) is 0 Å². The standard InChI is InChI=1S/C16H20N2O4/c1-21-11-14(19)7-8-17-15(20)9-13-10-22-16(18-13)12-5-3-2-4-6-12/h2-6,10,14,19H,7-9,11H2,1H3,(H,17,20). The molecule has 0 bridgehead atoms. The third-order valence-electron chi connectivity index (χ3n) is 3.07. The molecule has 0 saturated carbocycles. The molecule has 1 aromatic heterocycles. The molecule has 0 aliphatic rings. The van der Waals surface area contributed by atoms with E-state index in [-0.39, 0.29) is 18.9 Å². The van der Waals surface area contributed by atoms with Gasteiger partial charge in [-0.05, 0) is 18.6 Å². The SMILES string of the molecule is COCC(O)CCNC(=O)Cc1coc(-c2ccccc2)n1. The Morgan fingerprint density at radius 1 is 1.41 bits per heavy atom. The van der Waals surface area contributed by atoms with Gasteiger partial charge in [0.15, 0.2) is 0 Å². The Kier molecular flexibility index (Phi) is 6.12. The number of oxazole rings is 1. The van der Waals surface area contributed by atoms with Crippen molar-refractivity contribution in [3.8, 4) is 11.5 Å². The van der Waals surface area contributed by atoms with Crippen LogP contribution in [0.4, 0.5) is 0 Å². The van der Waals surface area contributed by atoms with Crippen molar-refractivity contribution in [2.75, 3.05) is 20.3 Å². The first-order chi connectivity index (χ1) is 10.7. The van der Waals surface area contributed by atoms with Gasteiger partial charge in [-0.1, -0.05) is 18.2 Å². The summed E-state index contributed by atoms with van der Waals surface area (Å²) in [6.45, 7) is 0.659. The molecule has 1 heterocycles. The van der Waals surface area contributed by atoms with E-state index >= 15 is 0 Å². The second-order valence-corrected chi connectivity index (χ2v) is 4.93. The highest BCUT2D eigenvalue weighted by atomic mass is 16.5. The molecule has 118 valence electrons. The predicted molar refractivity (Wildman–Crippen MR) is 81.2 cm³/mol. The lowest BCUT2D eigenvalue weighted by atomic mass is 10.2. The largest absolute Gasteiger partial charge is 0.444 e. The van der Waals surface area contributed by atoms with E-state index in [2.05, 4.69) is 10.3 Å². The molecular formula is C16H20N2O4. The van der Waals surface area contributed by atoms with Crippen molar-refractivity contribution in [2.24, 2.45) is 0 Å². The van der Waals surface area contributed by atoms with Gasteiger partial charge in [-0.15, -0.1) is 0 Å². The first-order valence-electron chi connectivity index (χ1n) is 7.12. The van der Waals surface area contributed by atoms with Crippen molar-refractivity contribution in [3.63, 3.8) is 0 Å². The van der Waals surface area contributed by atoms with E-state index < -0.39 is 6.10 Å². The molecule has 0 radical (unpaired) electrons. The summed E-state index contributed by atoms with van der Waals surface area (Å²) in [5, 5.41) is 12.2. The maximum atomic E-state index is 11.8. The minimum absolute atomic E-state index is 0.150. The quantitative estimate of drug-likeness (QED) is 0.770. The van der Waals surface area contributed by atoms with Gasteiger partial charge in [0.25, 0.3) is 0 Å². The molecular weight excluding hydrogens is 284 g/mol. The summed E-state index contributed by atoms with van der Waals surface area (Å²) in [4.78, 5) is 16.1. The minimum atomic E-state index is -0.568. The fourth-order valence-corrected chi connectivity index (χ4v) is 1.98. The topological polar surface area (TPSA) is 84.6 Å². The second-order valence-electron chi connectivity index (χ2n) is 4.93. The smallest absolute Gasteiger partial charge is 0.226 e. The molecule has 2 rings (SSSR count). The van der Waals surface area contributed by atoms with E-state index in [1.807, 2.05) is 30.3 Å². The fourth-order valence-electron chi connectivity index (χ4n) is 1.98. The average molecular weight is 304 g/mol. The number of hydrogen-bond donors (Lipinski definition) is 2. The fraction of sp³-hybridized carbons (Fsp3) is 0.375. The zero-order valence-corrected chi connectivity index (χ0v) is 12.5. The van der Waals surface area contributed by atoms with Gasteiger partial charge < -0.3 is 19.6 Å². The van der Waals surface area contributed by atoms with E-state index in [1.165, 1.54) is 13.4 Å². The number of aliphatic hydroxyl groups is 1. The van der Waals surface area contributed by atoms with E-state index in [0.29, 0.717) is 24.6 Å². The van der Waals surface area contributed by atoms with Gasteiger partial charge >= 0.3 is 0 Å². The third kappa shape index (κ3) is 4.98. The first kappa shape index (κ1) is 16.2. The summed E-state index contributed by atoms with van der Waals surface area (Å²) in [6, 6.07) is 9.51. The number of aromatic nitrogens is 1. The Morgan fingerprint density at radius 2 is 2.18 bits per heavy atom. The van der Waals surface area contributed by atoms with E-state index in [1.54, 1.807) is 0 Å². The summed E-state index contributed by atoms with van der Waals surface area (Å²) < 4.78 is 10.2. The van der Waals surface area contributed by atoms with Gasteiger partial charge in [-0.25, -0.2) is 4.98 Å². The third-order valence-corrected chi connectivity index (χ3v) is 3.07. The number of nitrogens with one attached hydrogen (secondary N) is 1.